The molecule has 15 heavy (non-hydrogen) atoms. The van der Waals surface area contributed by atoms with Crippen molar-refractivity contribution < 1.29 is 0 Å². The zero-order chi connectivity index (χ0) is 11.9. The van der Waals surface area contributed by atoms with Crippen molar-refractivity contribution in [2.75, 3.05) is 13.1 Å². The fraction of sp³-hybridized carbons (Fsp3) is 1.00. The predicted molar refractivity (Wildman–Crippen MR) is 69.1 cm³/mol. The molecule has 0 aromatic heterocycles. The van der Waals surface area contributed by atoms with Gasteiger partial charge in [0.05, 0.1) is 0 Å². The summed E-state index contributed by atoms with van der Waals surface area (Å²) < 4.78 is 0. The SMILES string of the molecule is CC(C)(C)CC(C)(C)NCCCCCN. The van der Waals surface area contributed by atoms with E-state index in [0.29, 0.717) is 5.41 Å². The van der Waals surface area contributed by atoms with Crippen LogP contribution in [0, 0.1) is 5.41 Å². The molecule has 0 rings (SSSR count). The van der Waals surface area contributed by atoms with Crippen LogP contribution in [-0.4, -0.2) is 18.6 Å². The van der Waals surface area contributed by atoms with Gasteiger partial charge >= 0.3 is 0 Å². The number of hydrogen-bond donors (Lipinski definition) is 2. The monoisotopic (exact) mass is 214 g/mol. The quantitative estimate of drug-likeness (QED) is 0.640. The Bertz CT molecular complexity index is 156. The van der Waals surface area contributed by atoms with Gasteiger partial charge in [-0.25, -0.2) is 0 Å². The highest BCUT2D eigenvalue weighted by atomic mass is 14.9. The molecule has 0 unspecified atom stereocenters. The summed E-state index contributed by atoms with van der Waals surface area (Å²) in [6, 6.07) is 0. The van der Waals surface area contributed by atoms with E-state index in [-0.39, 0.29) is 5.54 Å². The molecule has 3 N–H and O–H groups in total. The lowest BCUT2D eigenvalue weighted by atomic mass is 9.82. The van der Waals surface area contributed by atoms with Gasteiger partial charge in [-0.2, -0.15) is 0 Å². The van der Waals surface area contributed by atoms with Crippen molar-refractivity contribution in [1.82, 2.24) is 5.32 Å². The molecule has 0 fully saturated rings. The second kappa shape index (κ2) is 6.49. The lowest BCUT2D eigenvalue weighted by Gasteiger charge is -2.33. The largest absolute Gasteiger partial charge is 0.330 e. The van der Waals surface area contributed by atoms with E-state index < -0.39 is 0 Å². The molecule has 0 saturated carbocycles. The van der Waals surface area contributed by atoms with Crippen molar-refractivity contribution in [1.29, 1.82) is 0 Å². The first-order valence-corrected chi connectivity index (χ1v) is 6.22. The summed E-state index contributed by atoms with van der Waals surface area (Å²) in [5.74, 6) is 0. The highest BCUT2D eigenvalue weighted by Gasteiger charge is 2.24. The predicted octanol–water partition coefficient (Wildman–Crippen LogP) is 2.92. The molecular formula is C13H30N2. The van der Waals surface area contributed by atoms with Crippen LogP contribution in [0.4, 0.5) is 0 Å². The summed E-state index contributed by atoms with van der Waals surface area (Å²) in [5.41, 5.74) is 6.11. The molecule has 0 bridgehead atoms. The molecule has 0 radical (unpaired) electrons. The van der Waals surface area contributed by atoms with Crippen LogP contribution in [-0.2, 0) is 0 Å². The summed E-state index contributed by atoms with van der Waals surface area (Å²) in [5, 5.41) is 3.63. The van der Waals surface area contributed by atoms with Gasteiger partial charge in [-0.15, -0.1) is 0 Å². The number of nitrogens with one attached hydrogen (secondary N) is 1. The summed E-state index contributed by atoms with van der Waals surface area (Å²) in [7, 11) is 0. The van der Waals surface area contributed by atoms with Crippen molar-refractivity contribution in [3.63, 3.8) is 0 Å². The second-order valence-electron chi connectivity index (χ2n) is 6.40. The minimum Gasteiger partial charge on any atom is -0.330 e. The molecule has 2 heteroatoms. The normalized spacial score (nSPS) is 13.2. The third-order valence-corrected chi connectivity index (χ3v) is 2.46. The Hall–Kier alpha value is -0.0800. The molecule has 0 aromatic rings. The maximum atomic E-state index is 5.46. The van der Waals surface area contributed by atoms with Crippen molar-refractivity contribution >= 4 is 0 Å². The molecule has 0 saturated heterocycles. The van der Waals surface area contributed by atoms with Gasteiger partial charge < -0.3 is 11.1 Å². The minimum absolute atomic E-state index is 0.251. The smallest absolute Gasteiger partial charge is 0.0130 e. The fourth-order valence-corrected chi connectivity index (χ4v) is 2.26. The Morgan fingerprint density at radius 3 is 2.00 bits per heavy atom. The van der Waals surface area contributed by atoms with Crippen LogP contribution in [0.3, 0.4) is 0 Å². The molecule has 0 aromatic carbocycles. The van der Waals surface area contributed by atoms with E-state index >= 15 is 0 Å². The van der Waals surface area contributed by atoms with Crippen LogP contribution in [0.1, 0.15) is 60.3 Å². The lowest BCUT2D eigenvalue weighted by molar-refractivity contribution is 0.241. The third-order valence-electron chi connectivity index (χ3n) is 2.46. The fourth-order valence-electron chi connectivity index (χ4n) is 2.26. The van der Waals surface area contributed by atoms with Gasteiger partial charge in [0.15, 0.2) is 0 Å². The molecule has 0 aliphatic carbocycles. The average molecular weight is 214 g/mol. The molecule has 0 aliphatic heterocycles. The Balaban J connectivity index is 3.65. The highest BCUT2D eigenvalue weighted by molar-refractivity contribution is 4.82. The van der Waals surface area contributed by atoms with Gasteiger partial charge in [-0.05, 0) is 51.6 Å². The molecule has 0 amide bonds. The Kier molecular flexibility index (Phi) is 6.46. The van der Waals surface area contributed by atoms with E-state index in [1.54, 1.807) is 0 Å². The van der Waals surface area contributed by atoms with Gasteiger partial charge in [0.2, 0.25) is 0 Å². The lowest BCUT2D eigenvalue weighted by Crippen LogP contribution is -2.42. The first-order chi connectivity index (χ1) is 6.77. The van der Waals surface area contributed by atoms with Crippen LogP contribution >= 0.6 is 0 Å². The Morgan fingerprint density at radius 2 is 1.53 bits per heavy atom. The van der Waals surface area contributed by atoms with E-state index in [1.165, 1.54) is 19.3 Å². The maximum absolute atomic E-state index is 5.46. The van der Waals surface area contributed by atoms with Gasteiger partial charge in [0, 0.05) is 5.54 Å². The maximum Gasteiger partial charge on any atom is 0.0130 e. The van der Waals surface area contributed by atoms with Crippen LogP contribution in [0.2, 0.25) is 0 Å². The Labute approximate surface area is 96.0 Å². The highest BCUT2D eigenvalue weighted by Crippen LogP contribution is 2.26. The molecule has 0 heterocycles. The van der Waals surface area contributed by atoms with Gasteiger partial charge in [0.25, 0.3) is 0 Å². The van der Waals surface area contributed by atoms with Gasteiger partial charge in [-0.1, -0.05) is 27.2 Å². The number of unbranched alkanes of at least 4 members (excludes halogenated alkanes) is 2. The topological polar surface area (TPSA) is 38.0 Å². The first kappa shape index (κ1) is 14.9. The standard InChI is InChI=1S/C13H30N2/c1-12(2,3)11-13(4,5)15-10-8-6-7-9-14/h15H,6-11,14H2,1-5H3. The van der Waals surface area contributed by atoms with Crippen molar-refractivity contribution in [3.8, 4) is 0 Å². The average Bonchev–Trinajstić information content (AvgIpc) is 1.99. The van der Waals surface area contributed by atoms with Crippen LogP contribution in [0.15, 0.2) is 0 Å². The van der Waals surface area contributed by atoms with Gasteiger partial charge in [0.1, 0.15) is 0 Å². The van der Waals surface area contributed by atoms with E-state index in [1.807, 2.05) is 0 Å². The zero-order valence-electron chi connectivity index (χ0n) is 11.3. The summed E-state index contributed by atoms with van der Waals surface area (Å²) in [6.45, 7) is 13.4. The second-order valence-corrected chi connectivity index (χ2v) is 6.40. The summed E-state index contributed by atoms with van der Waals surface area (Å²) in [4.78, 5) is 0. The van der Waals surface area contributed by atoms with Crippen LogP contribution < -0.4 is 11.1 Å². The zero-order valence-corrected chi connectivity index (χ0v) is 11.3. The van der Waals surface area contributed by atoms with E-state index in [0.717, 1.165) is 19.5 Å². The minimum atomic E-state index is 0.251. The molecular weight excluding hydrogens is 184 g/mol. The number of nitrogens with two attached hydrogens (primary N) is 1. The number of rotatable bonds is 7. The molecule has 0 atom stereocenters. The Morgan fingerprint density at radius 1 is 0.933 bits per heavy atom. The van der Waals surface area contributed by atoms with Crippen LogP contribution in [0.25, 0.3) is 0 Å². The number of hydrogen-bond acceptors (Lipinski definition) is 2. The van der Waals surface area contributed by atoms with Crippen molar-refractivity contribution in [2.24, 2.45) is 11.1 Å². The molecule has 0 aliphatic rings. The van der Waals surface area contributed by atoms with E-state index in [2.05, 4.69) is 39.9 Å². The molecule has 0 spiro atoms. The first-order valence-electron chi connectivity index (χ1n) is 6.22. The third kappa shape index (κ3) is 10.2. The van der Waals surface area contributed by atoms with E-state index in [9.17, 15) is 0 Å². The van der Waals surface area contributed by atoms with Crippen molar-refractivity contribution in [3.05, 3.63) is 0 Å². The van der Waals surface area contributed by atoms with E-state index in [4.69, 9.17) is 5.73 Å². The summed E-state index contributed by atoms with van der Waals surface area (Å²) >= 11 is 0. The van der Waals surface area contributed by atoms with Gasteiger partial charge in [-0.3, -0.25) is 0 Å². The van der Waals surface area contributed by atoms with Crippen LogP contribution in [0.5, 0.6) is 0 Å². The molecule has 2 nitrogen and oxygen atoms in total. The molecule has 92 valence electrons. The summed E-state index contributed by atoms with van der Waals surface area (Å²) in [6.07, 6.45) is 4.85. The van der Waals surface area contributed by atoms with Crippen molar-refractivity contribution in [2.45, 2.75) is 65.8 Å².